The Labute approximate surface area is 183 Å². The van der Waals surface area contributed by atoms with Crippen molar-refractivity contribution in [2.24, 2.45) is 17.8 Å². The average molecular weight is 439 g/mol. The quantitative estimate of drug-likeness (QED) is 0.402. The second-order valence-corrected chi connectivity index (χ2v) is 8.38. The summed E-state index contributed by atoms with van der Waals surface area (Å²) < 4.78 is 14.4. The number of hydrogen-bond acceptors (Lipinski definition) is 5. The summed E-state index contributed by atoms with van der Waals surface area (Å²) in [6.45, 7) is 1.70. The Balaban J connectivity index is 1.71. The van der Waals surface area contributed by atoms with Gasteiger partial charge in [-0.1, -0.05) is 25.1 Å². The predicted octanol–water partition coefficient (Wildman–Crippen LogP) is 3.71. The maximum absolute atomic E-state index is 14.4. The summed E-state index contributed by atoms with van der Waals surface area (Å²) in [6, 6.07) is 10.7. The number of benzene rings is 2. The van der Waals surface area contributed by atoms with E-state index in [0.717, 1.165) is 16.4 Å². The highest BCUT2D eigenvalue weighted by atomic mass is 19.1. The van der Waals surface area contributed by atoms with Gasteiger partial charge in [0.1, 0.15) is 5.82 Å². The van der Waals surface area contributed by atoms with Crippen molar-refractivity contribution in [2.45, 2.75) is 32.7 Å². The Morgan fingerprint density at radius 1 is 1.09 bits per heavy atom. The van der Waals surface area contributed by atoms with Gasteiger partial charge in [-0.05, 0) is 43.4 Å². The first kappa shape index (κ1) is 21.6. The largest absolute Gasteiger partial charge is 0.273 e. The molecule has 2 fully saturated rings. The van der Waals surface area contributed by atoms with E-state index in [0.29, 0.717) is 18.8 Å². The summed E-state index contributed by atoms with van der Waals surface area (Å²) in [5, 5.41) is 12.8. The van der Waals surface area contributed by atoms with Gasteiger partial charge in [0.2, 0.25) is 0 Å². The number of carbonyl (C=O) groups excluding carboxylic acids is 3. The highest BCUT2D eigenvalue weighted by Gasteiger charge is 2.52. The van der Waals surface area contributed by atoms with Crippen LogP contribution in [0.2, 0.25) is 0 Å². The monoisotopic (exact) mass is 439 g/mol. The fourth-order valence-electron chi connectivity index (χ4n) is 4.51. The van der Waals surface area contributed by atoms with Gasteiger partial charge in [-0.3, -0.25) is 24.5 Å². The first-order valence-electron chi connectivity index (χ1n) is 10.5. The minimum atomic E-state index is -0.712. The molecular weight excluding hydrogens is 417 g/mol. The van der Waals surface area contributed by atoms with E-state index in [1.165, 1.54) is 42.5 Å². The van der Waals surface area contributed by atoms with Gasteiger partial charge in [0.15, 0.2) is 0 Å². The van der Waals surface area contributed by atoms with E-state index in [1.54, 1.807) is 6.07 Å². The van der Waals surface area contributed by atoms with Crippen LogP contribution in [0.15, 0.2) is 48.5 Å². The van der Waals surface area contributed by atoms with Gasteiger partial charge in [0.25, 0.3) is 23.4 Å². The molecule has 0 spiro atoms. The normalized spacial score (nSPS) is 22.6. The van der Waals surface area contributed by atoms with Crippen molar-refractivity contribution in [1.82, 2.24) is 10.0 Å². The van der Waals surface area contributed by atoms with Gasteiger partial charge in [-0.15, -0.1) is 0 Å². The van der Waals surface area contributed by atoms with E-state index in [1.807, 2.05) is 6.92 Å². The second kappa shape index (κ2) is 8.49. The van der Waals surface area contributed by atoms with E-state index in [9.17, 15) is 28.9 Å². The van der Waals surface area contributed by atoms with E-state index in [4.69, 9.17) is 0 Å². The molecule has 0 radical (unpaired) electrons. The van der Waals surface area contributed by atoms with Crippen LogP contribution in [0, 0.1) is 33.7 Å². The number of rotatable bonds is 5. The number of nitrogens with zero attached hydrogens (tertiary/aromatic N) is 3. The van der Waals surface area contributed by atoms with Gasteiger partial charge in [-0.25, -0.2) is 9.40 Å². The fourth-order valence-corrected chi connectivity index (χ4v) is 4.51. The predicted molar refractivity (Wildman–Crippen MR) is 111 cm³/mol. The van der Waals surface area contributed by atoms with Gasteiger partial charge >= 0.3 is 0 Å². The van der Waals surface area contributed by atoms with Crippen LogP contribution in [0.3, 0.4) is 0 Å². The van der Waals surface area contributed by atoms with Crippen LogP contribution in [-0.4, -0.2) is 32.7 Å². The minimum Gasteiger partial charge on any atom is -0.272 e. The number of imide groups is 1. The highest BCUT2D eigenvalue weighted by molar-refractivity contribution is 6.07. The summed E-state index contributed by atoms with van der Waals surface area (Å²) in [6.07, 6.45) is 1.94. The molecule has 9 heteroatoms. The molecule has 0 aromatic heterocycles. The number of nitro benzene ring substituents is 1. The molecule has 1 aliphatic heterocycles. The molecule has 8 nitrogen and oxygen atoms in total. The molecule has 32 heavy (non-hydrogen) atoms. The number of halogens is 1. The van der Waals surface area contributed by atoms with Crippen LogP contribution in [0.4, 0.5) is 10.1 Å². The molecule has 2 aromatic carbocycles. The minimum absolute atomic E-state index is 0.0516. The lowest BCUT2D eigenvalue weighted by Crippen LogP contribution is -2.50. The number of hydrogen-bond donors (Lipinski definition) is 0. The van der Waals surface area contributed by atoms with Crippen LogP contribution in [0.5, 0.6) is 0 Å². The first-order chi connectivity index (χ1) is 15.3. The van der Waals surface area contributed by atoms with E-state index in [-0.39, 0.29) is 23.4 Å². The SMILES string of the molecule is C[C@@H]1CC[C@H]2C(=O)N(N(Cc3ccccc3F)C(=O)c3ccc([N+](=O)[O-])cc3)C(=O)[C@@H]2C1. The topological polar surface area (TPSA) is 101 Å². The Morgan fingerprint density at radius 2 is 1.75 bits per heavy atom. The van der Waals surface area contributed by atoms with Crippen LogP contribution in [-0.2, 0) is 16.1 Å². The lowest BCUT2D eigenvalue weighted by atomic mass is 9.76. The molecule has 0 N–H and O–H groups in total. The number of fused-ring (bicyclic) bond motifs is 1. The first-order valence-corrected chi connectivity index (χ1v) is 10.5. The molecule has 3 amide bonds. The van der Waals surface area contributed by atoms with Crippen molar-refractivity contribution in [2.75, 3.05) is 0 Å². The summed E-state index contributed by atoms with van der Waals surface area (Å²) in [4.78, 5) is 50.1. The second-order valence-electron chi connectivity index (χ2n) is 8.38. The summed E-state index contributed by atoms with van der Waals surface area (Å²) >= 11 is 0. The maximum Gasteiger partial charge on any atom is 0.273 e. The maximum atomic E-state index is 14.4. The molecule has 0 bridgehead atoms. The standard InChI is InChI=1S/C23H22FN3O5/c1-14-6-11-18-19(12-14)23(30)26(22(18)29)25(13-16-4-2-3-5-20(16)24)21(28)15-7-9-17(10-8-15)27(31)32/h2-5,7-10,14,18-19H,6,11-13H2,1H3/t14-,18-,19-/m1/s1. The van der Waals surface area contributed by atoms with Crippen molar-refractivity contribution in [1.29, 1.82) is 0 Å². The molecule has 166 valence electrons. The summed E-state index contributed by atoms with van der Waals surface area (Å²) in [5.74, 6) is -2.91. The van der Waals surface area contributed by atoms with Crippen LogP contribution >= 0.6 is 0 Å². The number of carbonyl (C=O) groups is 3. The molecule has 1 aliphatic carbocycles. The Hall–Kier alpha value is -3.62. The van der Waals surface area contributed by atoms with E-state index >= 15 is 0 Å². The zero-order valence-electron chi connectivity index (χ0n) is 17.4. The van der Waals surface area contributed by atoms with Crippen molar-refractivity contribution in [3.05, 3.63) is 75.6 Å². The van der Waals surface area contributed by atoms with Crippen LogP contribution in [0.1, 0.15) is 42.1 Å². The Kier molecular flexibility index (Phi) is 5.73. The Bertz CT molecular complexity index is 1090. The van der Waals surface area contributed by atoms with Gasteiger partial charge in [0, 0.05) is 23.3 Å². The lowest BCUT2D eigenvalue weighted by Gasteiger charge is -2.30. The van der Waals surface area contributed by atoms with Crippen LogP contribution < -0.4 is 0 Å². The molecule has 2 aliphatic rings. The van der Waals surface area contributed by atoms with Gasteiger partial charge in [0.05, 0.1) is 23.3 Å². The smallest absolute Gasteiger partial charge is 0.272 e. The summed E-state index contributed by atoms with van der Waals surface area (Å²) in [7, 11) is 0. The fraction of sp³-hybridized carbons (Fsp3) is 0.348. The third-order valence-corrected chi connectivity index (χ3v) is 6.24. The van der Waals surface area contributed by atoms with Gasteiger partial charge in [-0.2, -0.15) is 5.01 Å². The third kappa shape index (κ3) is 3.86. The number of nitro groups is 1. The molecular formula is C23H22FN3O5. The lowest BCUT2D eigenvalue weighted by molar-refractivity contribution is -0.384. The van der Waals surface area contributed by atoms with Crippen molar-refractivity contribution in [3.8, 4) is 0 Å². The zero-order valence-corrected chi connectivity index (χ0v) is 17.4. The zero-order chi connectivity index (χ0) is 23.0. The number of amides is 3. The molecule has 1 saturated heterocycles. The summed E-state index contributed by atoms with van der Waals surface area (Å²) in [5.41, 5.74) is -0.00193. The van der Waals surface area contributed by atoms with Crippen LogP contribution in [0.25, 0.3) is 0 Å². The average Bonchev–Trinajstić information content (AvgIpc) is 3.02. The Morgan fingerprint density at radius 3 is 2.41 bits per heavy atom. The van der Waals surface area contributed by atoms with E-state index in [2.05, 4.69) is 0 Å². The molecule has 3 atom stereocenters. The molecule has 2 aromatic rings. The molecule has 0 unspecified atom stereocenters. The molecule has 4 rings (SSSR count). The third-order valence-electron chi connectivity index (χ3n) is 6.24. The van der Waals surface area contributed by atoms with Crippen molar-refractivity contribution >= 4 is 23.4 Å². The number of non-ortho nitro benzene ring substituents is 1. The van der Waals surface area contributed by atoms with E-state index < -0.39 is 40.3 Å². The van der Waals surface area contributed by atoms with Crippen molar-refractivity contribution in [3.63, 3.8) is 0 Å². The van der Waals surface area contributed by atoms with Gasteiger partial charge < -0.3 is 0 Å². The van der Waals surface area contributed by atoms with Crippen molar-refractivity contribution < 1.29 is 23.7 Å². The highest BCUT2D eigenvalue weighted by Crippen LogP contribution is 2.41. The molecule has 1 heterocycles. The molecule has 1 saturated carbocycles. The number of hydrazine groups is 1.